The minimum absolute atomic E-state index is 0.322. The third-order valence-electron chi connectivity index (χ3n) is 3.39. The van der Waals surface area contributed by atoms with Crippen LogP contribution in [0.3, 0.4) is 0 Å². The summed E-state index contributed by atoms with van der Waals surface area (Å²) in [7, 11) is 0. The first-order chi connectivity index (χ1) is 9.11. The van der Waals surface area contributed by atoms with Crippen LogP contribution in [0.4, 0.5) is 5.69 Å². The Hall–Kier alpha value is -0.650. The van der Waals surface area contributed by atoms with Crippen LogP contribution >= 0.6 is 28.1 Å². The summed E-state index contributed by atoms with van der Waals surface area (Å²) in [5, 5.41) is 0. The van der Waals surface area contributed by atoms with Gasteiger partial charge in [0.15, 0.2) is 0 Å². The number of anilines is 1. The Morgan fingerprint density at radius 3 is 2.95 bits per heavy atom. The molecule has 3 nitrogen and oxygen atoms in total. The third-order valence-corrected chi connectivity index (χ3v) is 4.11. The van der Waals surface area contributed by atoms with Gasteiger partial charge in [0.1, 0.15) is 4.99 Å². The quantitative estimate of drug-likeness (QED) is 0.834. The van der Waals surface area contributed by atoms with E-state index in [0.717, 1.165) is 48.3 Å². The predicted molar refractivity (Wildman–Crippen MR) is 86.9 cm³/mol. The Labute approximate surface area is 128 Å². The van der Waals surface area contributed by atoms with Crippen LogP contribution in [0.15, 0.2) is 22.7 Å². The van der Waals surface area contributed by atoms with Gasteiger partial charge in [-0.2, -0.15) is 0 Å². The van der Waals surface area contributed by atoms with Gasteiger partial charge in [-0.15, -0.1) is 0 Å². The average Bonchev–Trinajstić information content (AvgIpc) is 2.89. The van der Waals surface area contributed by atoms with Crippen LogP contribution in [0, 0.1) is 0 Å². The Balaban J connectivity index is 2.23. The molecular formula is C14H19BrN2OS. The molecule has 0 spiro atoms. The maximum atomic E-state index is 5.84. The van der Waals surface area contributed by atoms with Crippen molar-refractivity contribution < 1.29 is 4.74 Å². The molecule has 1 fully saturated rings. The van der Waals surface area contributed by atoms with Crippen molar-refractivity contribution in [3.05, 3.63) is 28.2 Å². The highest BCUT2D eigenvalue weighted by atomic mass is 79.9. The molecule has 1 aliphatic heterocycles. The second-order valence-electron chi connectivity index (χ2n) is 4.70. The van der Waals surface area contributed by atoms with Gasteiger partial charge in [0.05, 0.1) is 6.10 Å². The normalized spacial score (nSPS) is 18.5. The standard InChI is InChI=1S/C14H19BrN2OS/c1-2-17(9-11-4-3-7-18-11)13-6-5-10(15)8-12(13)14(16)19/h5-6,8,11H,2-4,7,9H2,1H3,(H2,16,19). The summed E-state index contributed by atoms with van der Waals surface area (Å²) < 4.78 is 6.71. The van der Waals surface area contributed by atoms with Gasteiger partial charge in [0.25, 0.3) is 0 Å². The van der Waals surface area contributed by atoms with E-state index in [-0.39, 0.29) is 0 Å². The Morgan fingerprint density at radius 2 is 2.37 bits per heavy atom. The molecule has 5 heteroatoms. The van der Waals surface area contributed by atoms with Crippen LogP contribution in [0.25, 0.3) is 0 Å². The molecule has 1 aromatic rings. The molecule has 0 saturated carbocycles. The van der Waals surface area contributed by atoms with E-state index in [4.69, 9.17) is 22.7 Å². The fourth-order valence-electron chi connectivity index (χ4n) is 2.41. The summed E-state index contributed by atoms with van der Waals surface area (Å²) in [5.74, 6) is 0. The molecule has 1 saturated heterocycles. The van der Waals surface area contributed by atoms with Gasteiger partial charge in [-0.1, -0.05) is 28.1 Å². The van der Waals surface area contributed by atoms with Gasteiger partial charge in [-0.3, -0.25) is 0 Å². The lowest BCUT2D eigenvalue weighted by atomic mass is 10.1. The number of thiocarbonyl (C=S) groups is 1. The molecule has 2 N–H and O–H groups in total. The largest absolute Gasteiger partial charge is 0.389 e. The van der Waals surface area contributed by atoms with Gasteiger partial charge < -0.3 is 15.4 Å². The number of hydrogen-bond acceptors (Lipinski definition) is 3. The van der Waals surface area contributed by atoms with Crippen molar-refractivity contribution in [3.8, 4) is 0 Å². The molecule has 1 atom stereocenters. The maximum Gasteiger partial charge on any atom is 0.106 e. The fourth-order valence-corrected chi connectivity index (χ4v) is 2.94. The number of halogens is 1. The maximum absolute atomic E-state index is 5.84. The number of rotatable bonds is 5. The molecule has 0 amide bonds. The predicted octanol–water partition coefficient (Wildman–Crippen LogP) is 3.09. The van der Waals surface area contributed by atoms with Crippen molar-refractivity contribution in [1.29, 1.82) is 0 Å². The summed E-state index contributed by atoms with van der Waals surface area (Å²) >= 11 is 8.62. The van der Waals surface area contributed by atoms with Gasteiger partial charge in [0.2, 0.25) is 0 Å². The fraction of sp³-hybridized carbons (Fsp3) is 0.500. The molecule has 0 bridgehead atoms. The second-order valence-corrected chi connectivity index (χ2v) is 6.05. The SMILES string of the molecule is CCN(CC1CCCO1)c1ccc(Br)cc1C(N)=S. The van der Waals surface area contributed by atoms with Crippen molar-refractivity contribution in [3.63, 3.8) is 0 Å². The molecule has 104 valence electrons. The smallest absolute Gasteiger partial charge is 0.106 e. The van der Waals surface area contributed by atoms with E-state index in [0.29, 0.717) is 11.1 Å². The minimum Gasteiger partial charge on any atom is -0.389 e. The van der Waals surface area contributed by atoms with Crippen molar-refractivity contribution in [2.24, 2.45) is 5.73 Å². The number of nitrogens with zero attached hydrogens (tertiary/aromatic N) is 1. The first-order valence-corrected chi connectivity index (χ1v) is 7.78. The van der Waals surface area contributed by atoms with Crippen LogP contribution in [-0.2, 0) is 4.74 Å². The van der Waals surface area contributed by atoms with Crippen molar-refractivity contribution in [2.45, 2.75) is 25.9 Å². The second kappa shape index (κ2) is 6.68. The summed E-state index contributed by atoms with van der Waals surface area (Å²) in [4.78, 5) is 2.72. The molecule has 19 heavy (non-hydrogen) atoms. The Kier molecular flexibility index (Phi) is 5.19. The van der Waals surface area contributed by atoms with Crippen molar-refractivity contribution in [1.82, 2.24) is 0 Å². The molecule has 1 aliphatic rings. The highest BCUT2D eigenvalue weighted by Crippen LogP contribution is 2.26. The molecule has 0 radical (unpaired) electrons. The Morgan fingerprint density at radius 1 is 1.58 bits per heavy atom. The highest BCUT2D eigenvalue weighted by Gasteiger charge is 2.20. The topological polar surface area (TPSA) is 38.5 Å². The molecule has 1 aromatic carbocycles. The van der Waals surface area contributed by atoms with E-state index in [9.17, 15) is 0 Å². The molecule has 1 unspecified atom stereocenters. The van der Waals surface area contributed by atoms with E-state index in [1.807, 2.05) is 12.1 Å². The number of hydrogen-bond donors (Lipinski definition) is 1. The van der Waals surface area contributed by atoms with Crippen LogP contribution in [0.5, 0.6) is 0 Å². The molecule has 0 aromatic heterocycles. The van der Waals surface area contributed by atoms with E-state index in [1.54, 1.807) is 0 Å². The van der Waals surface area contributed by atoms with Gasteiger partial charge in [-0.05, 0) is 38.0 Å². The summed E-state index contributed by atoms with van der Waals surface area (Å²) in [5.41, 5.74) is 7.85. The number of likely N-dealkylation sites (N-methyl/N-ethyl adjacent to an activating group) is 1. The van der Waals surface area contributed by atoms with Gasteiger partial charge in [0, 0.05) is 35.4 Å². The number of ether oxygens (including phenoxy) is 1. The average molecular weight is 343 g/mol. The van der Waals surface area contributed by atoms with Crippen molar-refractivity contribution in [2.75, 3.05) is 24.6 Å². The summed E-state index contributed by atoms with van der Waals surface area (Å²) in [6, 6.07) is 6.07. The first-order valence-electron chi connectivity index (χ1n) is 6.57. The number of benzene rings is 1. The lowest BCUT2D eigenvalue weighted by Crippen LogP contribution is -2.33. The molecule has 2 rings (SSSR count). The third kappa shape index (κ3) is 3.68. The minimum atomic E-state index is 0.322. The van der Waals surface area contributed by atoms with Gasteiger partial charge >= 0.3 is 0 Å². The van der Waals surface area contributed by atoms with Crippen LogP contribution in [0.2, 0.25) is 0 Å². The zero-order chi connectivity index (χ0) is 13.8. The first kappa shape index (κ1) is 14.8. The number of nitrogens with two attached hydrogens (primary N) is 1. The lowest BCUT2D eigenvalue weighted by Gasteiger charge is -2.28. The van der Waals surface area contributed by atoms with Crippen LogP contribution < -0.4 is 10.6 Å². The van der Waals surface area contributed by atoms with E-state index >= 15 is 0 Å². The Bertz CT molecular complexity index is 461. The zero-order valence-electron chi connectivity index (χ0n) is 11.1. The van der Waals surface area contributed by atoms with Crippen LogP contribution in [0.1, 0.15) is 25.3 Å². The van der Waals surface area contributed by atoms with Crippen molar-refractivity contribution >= 4 is 38.8 Å². The highest BCUT2D eigenvalue weighted by molar-refractivity contribution is 9.10. The molecule has 1 heterocycles. The monoisotopic (exact) mass is 342 g/mol. The van der Waals surface area contributed by atoms with Gasteiger partial charge in [-0.25, -0.2) is 0 Å². The molecule has 0 aliphatic carbocycles. The van der Waals surface area contributed by atoms with E-state index in [1.165, 1.54) is 0 Å². The van der Waals surface area contributed by atoms with E-state index < -0.39 is 0 Å². The summed E-state index contributed by atoms with van der Waals surface area (Å²) in [6.45, 7) is 4.83. The van der Waals surface area contributed by atoms with E-state index in [2.05, 4.69) is 33.8 Å². The summed E-state index contributed by atoms with van der Waals surface area (Å²) in [6.07, 6.45) is 2.61. The molecular weight excluding hydrogens is 324 g/mol. The van der Waals surface area contributed by atoms with Crippen LogP contribution in [-0.4, -0.2) is 30.8 Å². The zero-order valence-corrected chi connectivity index (χ0v) is 13.5. The lowest BCUT2D eigenvalue weighted by molar-refractivity contribution is 0.115.